The zero-order valence-electron chi connectivity index (χ0n) is 16.6. The number of aromatic amines is 1. The summed E-state index contributed by atoms with van der Waals surface area (Å²) < 4.78 is 10.7. The Labute approximate surface area is 170 Å². The zero-order chi connectivity index (χ0) is 19.6. The first-order chi connectivity index (χ1) is 14.3. The summed E-state index contributed by atoms with van der Waals surface area (Å²) in [5, 5.41) is 7.77. The number of hydrogen-bond acceptors (Lipinski definition) is 6. The number of nitrogens with zero attached hydrogens (tertiary/aromatic N) is 2. The third kappa shape index (κ3) is 3.93. The highest BCUT2D eigenvalue weighted by Crippen LogP contribution is 2.41. The number of fused-ring (bicyclic) bond motifs is 2. The van der Waals surface area contributed by atoms with E-state index in [0.717, 1.165) is 48.7 Å². The maximum absolute atomic E-state index is 5.74. The van der Waals surface area contributed by atoms with Crippen LogP contribution >= 0.6 is 0 Å². The number of benzene rings is 1. The van der Waals surface area contributed by atoms with Crippen LogP contribution in [0.5, 0.6) is 5.75 Å². The summed E-state index contributed by atoms with van der Waals surface area (Å²) in [6, 6.07) is 10.6. The summed E-state index contributed by atoms with van der Waals surface area (Å²) in [5.74, 6) is 2.55. The van der Waals surface area contributed by atoms with Crippen LogP contribution < -0.4 is 15.4 Å². The van der Waals surface area contributed by atoms with Crippen LogP contribution in [0.25, 0.3) is 11.0 Å². The predicted molar refractivity (Wildman–Crippen MR) is 112 cm³/mol. The second kappa shape index (κ2) is 8.00. The van der Waals surface area contributed by atoms with E-state index in [1.54, 1.807) is 13.4 Å². The molecule has 7 heteroatoms. The van der Waals surface area contributed by atoms with Crippen molar-refractivity contribution >= 4 is 16.9 Å². The van der Waals surface area contributed by atoms with E-state index in [2.05, 4.69) is 43.8 Å². The molecule has 1 saturated carbocycles. The fourth-order valence-electron chi connectivity index (χ4n) is 3.78. The molecule has 0 bridgehead atoms. The Morgan fingerprint density at radius 2 is 2.00 bits per heavy atom. The Morgan fingerprint density at radius 1 is 1.14 bits per heavy atom. The summed E-state index contributed by atoms with van der Waals surface area (Å²) in [6.07, 6.45) is 5.61. The number of para-hydroxylation sites is 1. The van der Waals surface area contributed by atoms with Gasteiger partial charge in [-0.25, -0.2) is 9.97 Å². The average molecular weight is 393 g/mol. The van der Waals surface area contributed by atoms with E-state index >= 15 is 0 Å². The van der Waals surface area contributed by atoms with Gasteiger partial charge in [0.05, 0.1) is 24.1 Å². The Balaban J connectivity index is 0.000000262. The van der Waals surface area contributed by atoms with E-state index in [9.17, 15) is 0 Å². The van der Waals surface area contributed by atoms with Crippen molar-refractivity contribution in [1.29, 1.82) is 0 Å². The van der Waals surface area contributed by atoms with Crippen molar-refractivity contribution in [2.45, 2.75) is 37.3 Å². The molecule has 1 atom stereocenters. The van der Waals surface area contributed by atoms with Crippen molar-refractivity contribution in [3.8, 4) is 5.75 Å². The smallest absolute Gasteiger partial charge is 0.143 e. The first kappa shape index (κ1) is 18.4. The fraction of sp³-hybridized carbons (Fsp3) is 0.455. The van der Waals surface area contributed by atoms with E-state index < -0.39 is 0 Å². The summed E-state index contributed by atoms with van der Waals surface area (Å²) in [4.78, 5) is 12.3. The normalized spacial score (nSPS) is 20.8. The number of hydrogen-bond donors (Lipinski definition) is 3. The maximum Gasteiger partial charge on any atom is 0.143 e. The molecule has 6 rings (SSSR count). The molecular weight excluding hydrogens is 366 g/mol. The molecule has 29 heavy (non-hydrogen) atoms. The van der Waals surface area contributed by atoms with Crippen molar-refractivity contribution in [3.05, 3.63) is 47.9 Å². The van der Waals surface area contributed by atoms with E-state index in [4.69, 9.17) is 9.47 Å². The lowest BCUT2D eigenvalue weighted by Crippen LogP contribution is -2.47. The third-order valence-corrected chi connectivity index (χ3v) is 5.81. The van der Waals surface area contributed by atoms with Crippen molar-refractivity contribution < 1.29 is 9.47 Å². The van der Waals surface area contributed by atoms with Gasteiger partial charge >= 0.3 is 0 Å². The molecule has 1 aliphatic carbocycles. The Hall–Kier alpha value is -2.64. The number of methoxy groups -OCH3 is 1. The molecule has 3 N–H and O–H groups in total. The highest BCUT2D eigenvalue weighted by Gasteiger charge is 2.27. The maximum atomic E-state index is 5.74. The largest absolute Gasteiger partial charge is 0.493 e. The summed E-state index contributed by atoms with van der Waals surface area (Å²) in [6.45, 7) is 2.80. The van der Waals surface area contributed by atoms with Crippen molar-refractivity contribution in [2.24, 2.45) is 0 Å². The standard InChI is InChI=1S/C18H18N4O.C4H9NO/c1-2-4-16-12(3-1)14(7-8-23-16)21-17-13-9-15(11-5-6-11)22-18(13)20-10-19-17;1-6-4-2-5-3-4/h1-4,9-11,14H,5-8H2,(H2,19,20,21,22);4-5H,2-3H2,1H3. The van der Waals surface area contributed by atoms with Gasteiger partial charge in [-0.05, 0) is 30.9 Å². The molecule has 2 aromatic heterocycles. The number of aromatic nitrogens is 3. The van der Waals surface area contributed by atoms with Crippen LogP contribution in [0.3, 0.4) is 0 Å². The molecule has 1 saturated heterocycles. The molecule has 2 fully saturated rings. The van der Waals surface area contributed by atoms with Gasteiger partial charge in [0.15, 0.2) is 0 Å². The number of nitrogens with one attached hydrogen (secondary N) is 3. The highest BCUT2D eigenvalue weighted by molar-refractivity contribution is 5.88. The molecule has 0 radical (unpaired) electrons. The first-order valence-corrected chi connectivity index (χ1v) is 10.4. The molecule has 1 aromatic carbocycles. The van der Waals surface area contributed by atoms with Gasteiger partial charge in [0.2, 0.25) is 0 Å². The van der Waals surface area contributed by atoms with Crippen LogP contribution in [-0.2, 0) is 4.74 Å². The predicted octanol–water partition coefficient (Wildman–Crippen LogP) is 3.38. The third-order valence-electron chi connectivity index (χ3n) is 5.81. The van der Waals surface area contributed by atoms with Gasteiger partial charge in [-0.15, -0.1) is 0 Å². The van der Waals surface area contributed by atoms with Crippen LogP contribution in [0.4, 0.5) is 5.82 Å². The van der Waals surface area contributed by atoms with E-state index in [1.807, 2.05) is 12.1 Å². The highest BCUT2D eigenvalue weighted by atomic mass is 16.5. The number of anilines is 1. The molecule has 152 valence electrons. The van der Waals surface area contributed by atoms with Crippen LogP contribution in [0.1, 0.15) is 42.5 Å². The van der Waals surface area contributed by atoms with Crippen molar-refractivity contribution in [3.63, 3.8) is 0 Å². The molecule has 3 aromatic rings. The average Bonchev–Trinajstić information content (AvgIpc) is 3.47. The Bertz CT molecular complexity index is 977. The lowest BCUT2D eigenvalue weighted by Gasteiger charge is -2.27. The lowest BCUT2D eigenvalue weighted by molar-refractivity contribution is 0.0600. The summed E-state index contributed by atoms with van der Waals surface area (Å²) >= 11 is 0. The van der Waals surface area contributed by atoms with E-state index in [1.165, 1.54) is 24.1 Å². The van der Waals surface area contributed by atoms with Crippen LogP contribution in [0.15, 0.2) is 36.7 Å². The van der Waals surface area contributed by atoms with Crippen LogP contribution in [-0.4, -0.2) is 47.9 Å². The number of H-pyrrole nitrogens is 1. The van der Waals surface area contributed by atoms with Gasteiger partial charge in [-0.1, -0.05) is 18.2 Å². The summed E-state index contributed by atoms with van der Waals surface area (Å²) in [7, 11) is 1.74. The Morgan fingerprint density at radius 3 is 2.72 bits per heavy atom. The molecular formula is C22H27N5O2. The minimum atomic E-state index is 0.220. The quantitative estimate of drug-likeness (QED) is 0.630. The molecule has 1 unspecified atom stereocenters. The molecule has 0 amide bonds. The number of rotatable bonds is 4. The first-order valence-electron chi connectivity index (χ1n) is 10.4. The molecule has 7 nitrogen and oxygen atoms in total. The van der Waals surface area contributed by atoms with Crippen molar-refractivity contribution in [2.75, 3.05) is 32.1 Å². The molecule has 2 aliphatic heterocycles. The zero-order valence-corrected chi connectivity index (χ0v) is 16.6. The monoisotopic (exact) mass is 393 g/mol. The van der Waals surface area contributed by atoms with Gasteiger partial charge in [0.25, 0.3) is 0 Å². The molecule has 3 aliphatic rings. The second-order valence-electron chi connectivity index (χ2n) is 7.87. The number of ether oxygens (including phenoxy) is 2. The molecule has 0 spiro atoms. The minimum Gasteiger partial charge on any atom is -0.493 e. The van der Waals surface area contributed by atoms with Gasteiger partial charge in [-0.2, -0.15) is 0 Å². The lowest BCUT2D eigenvalue weighted by atomic mass is 10.0. The topological polar surface area (TPSA) is 84.1 Å². The van der Waals surface area contributed by atoms with Crippen LogP contribution in [0.2, 0.25) is 0 Å². The minimum absolute atomic E-state index is 0.220. The van der Waals surface area contributed by atoms with Crippen LogP contribution in [0, 0.1) is 0 Å². The van der Waals surface area contributed by atoms with Gasteiger partial charge in [0.1, 0.15) is 23.5 Å². The summed E-state index contributed by atoms with van der Waals surface area (Å²) in [5.41, 5.74) is 3.41. The fourth-order valence-corrected chi connectivity index (χ4v) is 3.78. The second-order valence-corrected chi connectivity index (χ2v) is 7.87. The van der Waals surface area contributed by atoms with Crippen molar-refractivity contribution in [1.82, 2.24) is 20.3 Å². The van der Waals surface area contributed by atoms with E-state index in [-0.39, 0.29) is 6.04 Å². The molecule has 4 heterocycles. The van der Waals surface area contributed by atoms with Gasteiger partial charge in [0, 0.05) is 37.9 Å². The Kier molecular flexibility index (Phi) is 5.08. The SMILES string of the molecule is COC1CNC1.c1ccc2c(c1)OCCC2Nc1ncnc2[nH]c(C3CC3)cc12. The van der Waals surface area contributed by atoms with Gasteiger partial charge < -0.3 is 25.1 Å². The van der Waals surface area contributed by atoms with E-state index in [0.29, 0.717) is 12.0 Å². The van der Waals surface area contributed by atoms with Gasteiger partial charge in [-0.3, -0.25) is 0 Å².